The van der Waals surface area contributed by atoms with Gasteiger partial charge in [-0.2, -0.15) is 0 Å². The third-order valence-electron chi connectivity index (χ3n) is 6.48. The van der Waals surface area contributed by atoms with E-state index in [4.69, 9.17) is 6.42 Å². The molecule has 0 saturated carbocycles. The summed E-state index contributed by atoms with van der Waals surface area (Å²) in [6.07, 6.45) is 8.06. The zero-order chi connectivity index (χ0) is 29.8. The van der Waals surface area contributed by atoms with Crippen LogP contribution in [-0.2, 0) is 0 Å². The van der Waals surface area contributed by atoms with Crippen LogP contribution >= 0.6 is 0 Å². The van der Waals surface area contributed by atoms with Gasteiger partial charge in [0.15, 0.2) is 0 Å². The highest BCUT2D eigenvalue weighted by Crippen LogP contribution is 2.47. The number of benzene rings is 2. The lowest BCUT2D eigenvalue weighted by molar-refractivity contribution is 0.335. The Hall–Kier alpha value is -2.61. The Morgan fingerprint density at radius 1 is 1.08 bits per heavy atom. The molecule has 1 saturated heterocycles. The van der Waals surface area contributed by atoms with Gasteiger partial charge in [0.05, 0.1) is 0 Å². The van der Waals surface area contributed by atoms with Crippen LogP contribution in [0.25, 0.3) is 0 Å². The molecule has 4 atom stereocenters. The number of nitrogens with one attached hydrogen (secondary N) is 2. The summed E-state index contributed by atoms with van der Waals surface area (Å²) in [6, 6.07) is 16.0. The lowest BCUT2D eigenvalue weighted by Gasteiger charge is -2.28. The SMILES string of the molecule is C#CNc1cc(C)ccc1C1C(C)NC(C(=C)C)C1c1cccc(F)c1.CC(C)(C)C.CCCN(C)CCC. The van der Waals surface area contributed by atoms with Crippen LogP contribution in [0.4, 0.5) is 10.1 Å². The van der Waals surface area contributed by atoms with E-state index >= 15 is 0 Å². The molecule has 0 radical (unpaired) electrons. The number of aryl methyl sites for hydroxylation is 1. The second kappa shape index (κ2) is 16.5. The van der Waals surface area contributed by atoms with E-state index in [1.54, 1.807) is 12.1 Å². The van der Waals surface area contributed by atoms with Crippen molar-refractivity contribution in [1.82, 2.24) is 10.2 Å². The maximum Gasteiger partial charge on any atom is 0.123 e. The number of rotatable bonds is 8. The van der Waals surface area contributed by atoms with Crippen molar-refractivity contribution < 1.29 is 4.39 Å². The van der Waals surface area contributed by atoms with Crippen molar-refractivity contribution in [3.8, 4) is 12.5 Å². The monoisotopic (exact) mass is 535 g/mol. The maximum absolute atomic E-state index is 13.9. The van der Waals surface area contributed by atoms with Crippen LogP contribution in [0, 0.1) is 30.6 Å². The number of halogens is 1. The van der Waals surface area contributed by atoms with Gasteiger partial charge in [-0.25, -0.2) is 4.39 Å². The van der Waals surface area contributed by atoms with Crippen LogP contribution in [0.5, 0.6) is 0 Å². The van der Waals surface area contributed by atoms with Crippen molar-refractivity contribution in [3.05, 3.63) is 77.1 Å². The van der Waals surface area contributed by atoms with E-state index in [1.807, 2.05) is 19.9 Å². The van der Waals surface area contributed by atoms with Crippen LogP contribution in [0.15, 0.2) is 54.6 Å². The van der Waals surface area contributed by atoms with Crippen LogP contribution in [0.1, 0.15) is 96.8 Å². The zero-order valence-corrected chi connectivity index (χ0v) is 26.3. The molecule has 0 aromatic heterocycles. The van der Waals surface area contributed by atoms with Crippen molar-refractivity contribution in [2.75, 3.05) is 25.5 Å². The molecule has 1 aliphatic rings. The Morgan fingerprint density at radius 3 is 2.15 bits per heavy atom. The standard InChI is InChI=1S/C23H25FN2.C7H17N.C5H12/c1-6-25-20-12-15(4)10-11-19(20)21-16(5)26-23(14(2)3)22(21)17-8-7-9-18(24)13-17;1-4-6-8(3)7-5-2;1-5(2,3)4/h1,7-13,16,21-23,25-26H,2H2,3-5H3;4-7H2,1-3H3;1-4H3. The Kier molecular flexibility index (Phi) is 14.5. The van der Waals surface area contributed by atoms with Crippen molar-refractivity contribution in [2.24, 2.45) is 5.41 Å². The summed E-state index contributed by atoms with van der Waals surface area (Å²) >= 11 is 0. The van der Waals surface area contributed by atoms with Crippen molar-refractivity contribution in [1.29, 1.82) is 0 Å². The molecule has 3 nitrogen and oxygen atoms in total. The van der Waals surface area contributed by atoms with E-state index in [-0.39, 0.29) is 29.7 Å². The number of anilines is 1. The largest absolute Gasteiger partial charge is 0.315 e. The average Bonchev–Trinajstić information content (AvgIpc) is 3.16. The molecule has 2 N–H and O–H groups in total. The second-order valence-electron chi connectivity index (χ2n) is 12.5. The first-order valence-electron chi connectivity index (χ1n) is 14.4. The highest BCUT2D eigenvalue weighted by atomic mass is 19.1. The Balaban J connectivity index is 0.000000487. The average molecular weight is 536 g/mol. The summed E-state index contributed by atoms with van der Waals surface area (Å²) in [5, 5.41) is 6.70. The van der Waals surface area contributed by atoms with Crippen molar-refractivity contribution >= 4 is 5.69 Å². The molecule has 0 spiro atoms. The minimum absolute atomic E-state index is 0.0804. The first-order valence-corrected chi connectivity index (χ1v) is 14.4. The smallest absolute Gasteiger partial charge is 0.123 e. The highest BCUT2D eigenvalue weighted by Gasteiger charge is 2.43. The molecule has 0 aliphatic carbocycles. The van der Waals surface area contributed by atoms with Crippen LogP contribution in [-0.4, -0.2) is 37.1 Å². The summed E-state index contributed by atoms with van der Waals surface area (Å²) in [5.74, 6) is 0.0151. The first-order chi connectivity index (χ1) is 18.2. The predicted octanol–water partition coefficient (Wildman–Crippen LogP) is 8.73. The maximum atomic E-state index is 13.9. The number of hydrogen-bond donors (Lipinski definition) is 2. The fraction of sp³-hybridized carbons (Fsp3) is 0.543. The summed E-state index contributed by atoms with van der Waals surface area (Å²) in [7, 11) is 2.17. The minimum atomic E-state index is -0.216. The van der Waals surface area contributed by atoms with E-state index in [0.717, 1.165) is 28.0 Å². The molecule has 39 heavy (non-hydrogen) atoms. The molecule has 0 amide bonds. The summed E-state index contributed by atoms with van der Waals surface area (Å²) in [4.78, 5) is 2.36. The van der Waals surface area contributed by atoms with Gasteiger partial charge in [-0.3, -0.25) is 0 Å². The van der Waals surface area contributed by atoms with Crippen LogP contribution < -0.4 is 10.6 Å². The highest BCUT2D eigenvalue weighted by molar-refractivity contribution is 5.59. The molecule has 1 fully saturated rings. The topological polar surface area (TPSA) is 27.3 Å². The fourth-order valence-corrected chi connectivity index (χ4v) is 5.06. The molecule has 3 rings (SSSR count). The van der Waals surface area contributed by atoms with Gasteiger partial charge in [0.2, 0.25) is 0 Å². The number of hydrogen-bond acceptors (Lipinski definition) is 3. The quantitative estimate of drug-likeness (QED) is 0.201. The van der Waals surface area contributed by atoms with Gasteiger partial charge >= 0.3 is 0 Å². The molecule has 2 aromatic carbocycles. The fourth-order valence-electron chi connectivity index (χ4n) is 5.06. The van der Waals surface area contributed by atoms with Gasteiger partial charge in [0, 0.05) is 35.7 Å². The summed E-state index contributed by atoms with van der Waals surface area (Å²) in [6.45, 7) is 26.1. The Labute approximate surface area is 239 Å². The van der Waals surface area contributed by atoms with Gasteiger partial charge < -0.3 is 15.5 Å². The number of nitrogens with zero attached hydrogens (tertiary/aromatic N) is 1. The Morgan fingerprint density at radius 2 is 1.67 bits per heavy atom. The van der Waals surface area contributed by atoms with E-state index in [1.165, 1.54) is 32.0 Å². The molecule has 2 aromatic rings. The van der Waals surface area contributed by atoms with Gasteiger partial charge in [-0.15, -0.1) is 0 Å². The first kappa shape index (κ1) is 34.4. The van der Waals surface area contributed by atoms with E-state index in [2.05, 4.69) is 102 Å². The Bertz CT molecular complexity index is 1050. The normalized spacial score (nSPS) is 20.3. The van der Waals surface area contributed by atoms with Gasteiger partial charge in [-0.1, -0.05) is 84.4 Å². The molecule has 0 bridgehead atoms. The predicted molar refractivity (Wildman–Crippen MR) is 170 cm³/mol. The third-order valence-corrected chi connectivity index (χ3v) is 6.48. The lowest BCUT2D eigenvalue weighted by Crippen LogP contribution is -2.30. The van der Waals surface area contributed by atoms with Crippen LogP contribution in [0.3, 0.4) is 0 Å². The molecular weight excluding hydrogens is 481 g/mol. The van der Waals surface area contributed by atoms with Gasteiger partial charge in [0.1, 0.15) is 5.82 Å². The second-order valence-corrected chi connectivity index (χ2v) is 12.5. The molecule has 1 aliphatic heterocycles. The van der Waals surface area contributed by atoms with E-state index < -0.39 is 0 Å². The summed E-state index contributed by atoms with van der Waals surface area (Å²) < 4.78 is 13.9. The van der Waals surface area contributed by atoms with Crippen LogP contribution in [0.2, 0.25) is 0 Å². The summed E-state index contributed by atoms with van der Waals surface area (Å²) in [5.41, 5.74) is 5.75. The minimum Gasteiger partial charge on any atom is -0.315 e. The van der Waals surface area contributed by atoms with Gasteiger partial charge in [0.25, 0.3) is 0 Å². The zero-order valence-electron chi connectivity index (χ0n) is 26.3. The van der Waals surface area contributed by atoms with Crippen molar-refractivity contribution in [2.45, 2.75) is 99.1 Å². The molecule has 216 valence electrons. The van der Waals surface area contributed by atoms with E-state index in [9.17, 15) is 4.39 Å². The molecule has 4 unspecified atom stereocenters. The van der Waals surface area contributed by atoms with E-state index in [0.29, 0.717) is 5.41 Å². The molecular formula is C35H54FN3. The third kappa shape index (κ3) is 12.0. The molecule has 1 heterocycles. The number of terminal acetylenes is 1. The van der Waals surface area contributed by atoms with Crippen molar-refractivity contribution in [3.63, 3.8) is 0 Å². The molecule has 4 heteroatoms. The van der Waals surface area contributed by atoms with Gasteiger partial charge in [-0.05, 0) is 94.1 Å². The lowest BCUT2D eigenvalue weighted by atomic mass is 9.76.